The molecular formula is C11H12ClF2N3. The smallest absolute Gasteiger partial charge is 0.249 e. The van der Waals surface area contributed by atoms with Crippen LogP contribution in [0.4, 0.5) is 8.78 Å². The number of alkyl halides is 2. The van der Waals surface area contributed by atoms with E-state index in [2.05, 4.69) is 5.10 Å². The normalized spacial score (nSPS) is 17.4. The molecule has 1 aliphatic carbocycles. The van der Waals surface area contributed by atoms with Crippen molar-refractivity contribution >= 4 is 11.6 Å². The summed E-state index contributed by atoms with van der Waals surface area (Å²) in [7, 11) is 0. The van der Waals surface area contributed by atoms with Gasteiger partial charge in [-0.2, -0.15) is 10.4 Å². The molecule has 0 bridgehead atoms. The van der Waals surface area contributed by atoms with Crippen molar-refractivity contribution in [2.45, 2.75) is 44.6 Å². The summed E-state index contributed by atoms with van der Waals surface area (Å²) in [6, 6.07) is 1.76. The van der Waals surface area contributed by atoms with Crippen molar-refractivity contribution in [1.82, 2.24) is 9.78 Å². The maximum absolute atomic E-state index is 12.7. The topological polar surface area (TPSA) is 41.6 Å². The highest BCUT2D eigenvalue weighted by Crippen LogP contribution is 2.34. The molecule has 0 aromatic carbocycles. The highest BCUT2D eigenvalue weighted by atomic mass is 35.5. The van der Waals surface area contributed by atoms with Crippen LogP contribution in [0.15, 0.2) is 0 Å². The lowest BCUT2D eigenvalue weighted by molar-refractivity contribution is 0.143. The molecule has 1 fully saturated rings. The van der Waals surface area contributed by atoms with Crippen LogP contribution in [0.1, 0.15) is 55.8 Å². The molecule has 0 amide bonds. The zero-order chi connectivity index (χ0) is 12.4. The molecule has 1 aromatic heterocycles. The first-order valence-electron chi connectivity index (χ1n) is 5.61. The Balaban J connectivity index is 2.38. The third-order valence-corrected chi connectivity index (χ3v) is 3.48. The molecule has 0 N–H and O–H groups in total. The van der Waals surface area contributed by atoms with E-state index in [1.165, 1.54) is 4.68 Å². The molecule has 1 heterocycles. The fourth-order valence-corrected chi connectivity index (χ4v) is 2.57. The molecule has 0 aliphatic heterocycles. The van der Waals surface area contributed by atoms with E-state index < -0.39 is 12.1 Å². The molecule has 0 unspecified atom stereocenters. The molecule has 17 heavy (non-hydrogen) atoms. The average molecular weight is 260 g/mol. The van der Waals surface area contributed by atoms with Crippen molar-refractivity contribution in [1.29, 1.82) is 5.26 Å². The second-order valence-corrected chi connectivity index (χ2v) is 4.56. The van der Waals surface area contributed by atoms with E-state index in [1.807, 2.05) is 0 Å². The molecule has 1 aromatic rings. The molecule has 2 rings (SSSR count). The van der Waals surface area contributed by atoms with Gasteiger partial charge in [0, 0.05) is 0 Å². The Morgan fingerprint density at radius 3 is 2.47 bits per heavy atom. The number of halogens is 3. The van der Waals surface area contributed by atoms with Gasteiger partial charge in [-0.25, -0.2) is 13.5 Å². The van der Waals surface area contributed by atoms with Crippen LogP contribution in [0.25, 0.3) is 0 Å². The van der Waals surface area contributed by atoms with E-state index in [0.29, 0.717) is 0 Å². The van der Waals surface area contributed by atoms with Crippen LogP contribution in [-0.2, 0) is 0 Å². The summed E-state index contributed by atoms with van der Waals surface area (Å²) in [5.74, 6) is 0. The van der Waals surface area contributed by atoms with Crippen molar-refractivity contribution in [3.63, 3.8) is 0 Å². The molecule has 0 spiro atoms. The van der Waals surface area contributed by atoms with Crippen LogP contribution in [0, 0.1) is 11.3 Å². The fourth-order valence-electron chi connectivity index (χ4n) is 2.25. The van der Waals surface area contributed by atoms with Crippen LogP contribution >= 0.6 is 11.6 Å². The highest BCUT2D eigenvalue weighted by molar-refractivity contribution is 6.30. The maximum atomic E-state index is 12.7. The lowest BCUT2D eigenvalue weighted by Crippen LogP contribution is -2.14. The Hall–Kier alpha value is -1.15. The zero-order valence-corrected chi connectivity index (χ0v) is 9.92. The minimum Gasteiger partial charge on any atom is -0.249 e. The number of aromatic nitrogens is 2. The zero-order valence-electron chi connectivity index (χ0n) is 9.17. The van der Waals surface area contributed by atoms with Gasteiger partial charge in [-0.05, 0) is 12.8 Å². The average Bonchev–Trinajstić information content (AvgIpc) is 2.67. The van der Waals surface area contributed by atoms with Crippen molar-refractivity contribution in [3.8, 4) is 6.07 Å². The van der Waals surface area contributed by atoms with Crippen molar-refractivity contribution in [2.24, 2.45) is 0 Å². The Morgan fingerprint density at radius 1 is 1.35 bits per heavy atom. The van der Waals surface area contributed by atoms with Gasteiger partial charge in [-0.1, -0.05) is 30.9 Å². The largest absolute Gasteiger partial charge is 0.283 e. The van der Waals surface area contributed by atoms with Gasteiger partial charge in [0.1, 0.15) is 22.5 Å². The Labute approximate surface area is 103 Å². The van der Waals surface area contributed by atoms with E-state index in [1.54, 1.807) is 6.07 Å². The Kier molecular flexibility index (Phi) is 3.63. The van der Waals surface area contributed by atoms with E-state index >= 15 is 0 Å². The van der Waals surface area contributed by atoms with E-state index in [0.717, 1.165) is 32.1 Å². The van der Waals surface area contributed by atoms with Gasteiger partial charge in [-0.15, -0.1) is 0 Å². The molecule has 3 nitrogen and oxygen atoms in total. The van der Waals surface area contributed by atoms with E-state index in [-0.39, 0.29) is 16.8 Å². The number of nitrogens with zero attached hydrogens (tertiary/aromatic N) is 3. The summed E-state index contributed by atoms with van der Waals surface area (Å²) in [6.45, 7) is 0. The van der Waals surface area contributed by atoms with Crippen LogP contribution in [0.5, 0.6) is 0 Å². The molecule has 0 atom stereocenters. The summed E-state index contributed by atoms with van der Waals surface area (Å²) in [4.78, 5) is 0. The van der Waals surface area contributed by atoms with Gasteiger partial charge in [0.2, 0.25) is 0 Å². The summed E-state index contributed by atoms with van der Waals surface area (Å²) in [5, 5.41) is 12.7. The minimum atomic E-state index is -2.76. The first kappa shape index (κ1) is 12.3. The fraction of sp³-hybridized carbons (Fsp3) is 0.636. The first-order valence-corrected chi connectivity index (χ1v) is 5.99. The Bertz CT molecular complexity index is 444. The molecular weight excluding hydrogens is 248 g/mol. The minimum absolute atomic E-state index is 0.0506. The first-order chi connectivity index (χ1) is 8.15. The second-order valence-electron chi connectivity index (χ2n) is 4.20. The maximum Gasteiger partial charge on any atom is 0.283 e. The third kappa shape index (κ3) is 2.27. The SMILES string of the molecule is N#Cc1c(C(F)F)nn(C2CCCCC2)c1Cl. The predicted octanol–water partition coefficient (Wildman–Crippen LogP) is 3.85. The number of hydrogen-bond acceptors (Lipinski definition) is 2. The Morgan fingerprint density at radius 2 is 2.00 bits per heavy atom. The van der Waals surface area contributed by atoms with Crippen molar-refractivity contribution < 1.29 is 8.78 Å². The number of hydrogen-bond donors (Lipinski definition) is 0. The van der Waals surface area contributed by atoms with Gasteiger partial charge in [0.05, 0.1) is 6.04 Å². The molecule has 1 saturated carbocycles. The van der Waals surface area contributed by atoms with Gasteiger partial charge in [0.15, 0.2) is 0 Å². The molecule has 92 valence electrons. The van der Waals surface area contributed by atoms with Crippen LogP contribution in [0.3, 0.4) is 0 Å². The second kappa shape index (κ2) is 5.01. The summed E-state index contributed by atoms with van der Waals surface area (Å²) in [6.07, 6.45) is 2.26. The summed E-state index contributed by atoms with van der Waals surface area (Å²) < 4.78 is 26.8. The van der Waals surface area contributed by atoms with Crippen molar-refractivity contribution in [2.75, 3.05) is 0 Å². The van der Waals surface area contributed by atoms with Crippen LogP contribution in [0.2, 0.25) is 5.15 Å². The van der Waals surface area contributed by atoms with Gasteiger partial charge in [-0.3, -0.25) is 0 Å². The van der Waals surface area contributed by atoms with Crippen LogP contribution < -0.4 is 0 Å². The monoisotopic (exact) mass is 259 g/mol. The predicted molar refractivity (Wildman–Crippen MR) is 59.0 cm³/mol. The lowest BCUT2D eigenvalue weighted by atomic mass is 9.96. The third-order valence-electron chi connectivity index (χ3n) is 3.12. The number of nitriles is 1. The molecule has 0 saturated heterocycles. The highest BCUT2D eigenvalue weighted by Gasteiger charge is 2.27. The van der Waals surface area contributed by atoms with Crippen LogP contribution in [-0.4, -0.2) is 9.78 Å². The molecule has 1 aliphatic rings. The number of rotatable bonds is 2. The van der Waals surface area contributed by atoms with Gasteiger partial charge >= 0.3 is 0 Å². The molecule has 6 heteroatoms. The van der Waals surface area contributed by atoms with E-state index in [4.69, 9.17) is 16.9 Å². The summed E-state index contributed by atoms with van der Waals surface area (Å²) in [5.41, 5.74) is -0.685. The molecule has 0 radical (unpaired) electrons. The van der Waals surface area contributed by atoms with Gasteiger partial charge in [0.25, 0.3) is 6.43 Å². The van der Waals surface area contributed by atoms with Gasteiger partial charge < -0.3 is 0 Å². The standard InChI is InChI=1S/C11H12ClF2N3/c12-10-8(6-15)9(11(13)14)16-17(10)7-4-2-1-3-5-7/h7,11H,1-5H2. The van der Waals surface area contributed by atoms with Crippen molar-refractivity contribution in [3.05, 3.63) is 16.4 Å². The summed E-state index contributed by atoms with van der Waals surface area (Å²) >= 11 is 5.95. The van der Waals surface area contributed by atoms with E-state index in [9.17, 15) is 8.78 Å². The lowest BCUT2D eigenvalue weighted by Gasteiger charge is -2.22. The quantitative estimate of drug-likeness (QED) is 0.809.